The lowest BCUT2D eigenvalue weighted by Crippen LogP contribution is -2.13. The van der Waals surface area contributed by atoms with Gasteiger partial charge in [0, 0.05) is 11.3 Å². The smallest absolute Gasteiger partial charge is 0.266 e. The van der Waals surface area contributed by atoms with Crippen LogP contribution in [0.25, 0.3) is 6.08 Å². The molecule has 4 aromatic rings. The first kappa shape index (κ1) is 24.8. The van der Waals surface area contributed by atoms with E-state index in [1.54, 1.807) is 54.6 Å². The van der Waals surface area contributed by atoms with Crippen LogP contribution >= 0.6 is 0 Å². The maximum Gasteiger partial charge on any atom is 0.266 e. The lowest BCUT2D eigenvalue weighted by molar-refractivity contribution is -0.112. The normalized spacial score (nSPS) is 10.6. The van der Waals surface area contributed by atoms with Crippen LogP contribution in [-0.2, 0) is 18.0 Å². The van der Waals surface area contributed by atoms with Gasteiger partial charge in [0.25, 0.3) is 5.91 Å². The second-order valence-corrected chi connectivity index (χ2v) is 8.05. The van der Waals surface area contributed by atoms with Gasteiger partial charge in [-0.05, 0) is 59.7 Å². The molecule has 0 aliphatic carbocycles. The molecule has 0 aromatic heterocycles. The molecule has 0 fully saturated rings. The van der Waals surface area contributed by atoms with E-state index in [-0.39, 0.29) is 12.2 Å². The van der Waals surface area contributed by atoms with Crippen LogP contribution in [0.15, 0.2) is 109 Å². The number of amides is 1. The third kappa shape index (κ3) is 7.08. The van der Waals surface area contributed by atoms with Crippen molar-refractivity contribution >= 4 is 17.7 Å². The van der Waals surface area contributed by atoms with Crippen molar-refractivity contribution in [3.05, 3.63) is 131 Å². The first-order valence-corrected chi connectivity index (χ1v) is 11.6. The Bertz CT molecular complexity index is 1460. The van der Waals surface area contributed by atoms with Crippen molar-refractivity contribution in [3.8, 4) is 23.6 Å². The molecular weight excluding hydrogens is 462 g/mol. The van der Waals surface area contributed by atoms with Crippen LogP contribution in [-0.4, -0.2) is 5.91 Å². The average Bonchev–Trinajstić information content (AvgIpc) is 2.95. The third-order valence-electron chi connectivity index (χ3n) is 5.45. The van der Waals surface area contributed by atoms with Crippen molar-refractivity contribution in [2.75, 3.05) is 5.32 Å². The minimum absolute atomic E-state index is 0.0268. The molecule has 0 heterocycles. The molecule has 4 aromatic carbocycles. The number of benzene rings is 4. The molecule has 0 aliphatic heterocycles. The summed E-state index contributed by atoms with van der Waals surface area (Å²) < 4.78 is 11.5. The number of nitrogens with one attached hydrogen (secondary N) is 1. The summed E-state index contributed by atoms with van der Waals surface area (Å²) in [5.41, 5.74) is 3.64. The fourth-order valence-electron chi connectivity index (χ4n) is 3.47. The number of carbonyl (C=O) groups excluding carboxylic acids is 1. The Balaban J connectivity index is 1.33. The maximum atomic E-state index is 12.6. The number of hydrogen-bond donors (Lipinski definition) is 1. The molecule has 180 valence electrons. The van der Waals surface area contributed by atoms with Crippen LogP contribution in [0, 0.1) is 22.7 Å². The highest BCUT2D eigenvalue weighted by molar-refractivity contribution is 6.09. The first-order valence-electron chi connectivity index (χ1n) is 11.6. The van der Waals surface area contributed by atoms with Crippen molar-refractivity contribution in [2.45, 2.75) is 13.2 Å². The number of ether oxygens (including phenoxy) is 2. The van der Waals surface area contributed by atoms with Crippen molar-refractivity contribution < 1.29 is 14.3 Å². The zero-order chi connectivity index (χ0) is 25.9. The standard InChI is InChI=1S/C31H23N3O3/c32-19-25-8-4-5-9-26(25)22-37-29-14-10-23(11-15-29)18-27(20-33)31(35)34-28-12-16-30(17-13-28)36-21-24-6-2-1-3-7-24/h1-18H,21-22H2,(H,34,35)/b27-18+. The highest BCUT2D eigenvalue weighted by Crippen LogP contribution is 2.20. The first-order chi connectivity index (χ1) is 18.1. The van der Waals surface area contributed by atoms with E-state index < -0.39 is 5.91 Å². The van der Waals surface area contributed by atoms with Crippen LogP contribution in [0.1, 0.15) is 22.3 Å². The van der Waals surface area contributed by atoms with Crippen molar-refractivity contribution in [1.29, 1.82) is 10.5 Å². The zero-order valence-electron chi connectivity index (χ0n) is 19.9. The number of nitriles is 2. The van der Waals surface area contributed by atoms with Gasteiger partial charge in [0.05, 0.1) is 11.6 Å². The Morgan fingerprint density at radius 3 is 2.05 bits per heavy atom. The fraction of sp³-hybridized carbons (Fsp3) is 0.0645. The van der Waals surface area contributed by atoms with Crippen molar-refractivity contribution in [3.63, 3.8) is 0 Å². The Kier molecular flexibility index (Phi) is 8.30. The molecule has 0 atom stereocenters. The Labute approximate surface area is 215 Å². The minimum atomic E-state index is -0.506. The average molecular weight is 486 g/mol. The van der Waals surface area contributed by atoms with Crippen LogP contribution in [0.5, 0.6) is 11.5 Å². The Morgan fingerprint density at radius 2 is 1.38 bits per heavy atom. The summed E-state index contributed by atoms with van der Waals surface area (Å²) in [6.45, 7) is 0.714. The second kappa shape index (κ2) is 12.4. The number of carbonyl (C=O) groups is 1. The summed E-state index contributed by atoms with van der Waals surface area (Å²) in [6, 6.07) is 35.2. The predicted octanol–water partition coefficient (Wildman–Crippen LogP) is 6.26. The minimum Gasteiger partial charge on any atom is -0.489 e. The van der Waals surface area contributed by atoms with E-state index in [0.717, 1.165) is 11.1 Å². The van der Waals surface area contributed by atoms with Gasteiger partial charge in [-0.25, -0.2) is 0 Å². The largest absolute Gasteiger partial charge is 0.489 e. The molecule has 0 saturated heterocycles. The summed E-state index contributed by atoms with van der Waals surface area (Å²) in [7, 11) is 0. The molecule has 6 heteroatoms. The molecule has 1 N–H and O–H groups in total. The Morgan fingerprint density at radius 1 is 0.757 bits per heavy atom. The van der Waals surface area contributed by atoms with Crippen molar-refractivity contribution in [2.24, 2.45) is 0 Å². The van der Waals surface area contributed by atoms with Crippen LogP contribution in [0.3, 0.4) is 0 Å². The monoisotopic (exact) mass is 485 g/mol. The summed E-state index contributed by atoms with van der Waals surface area (Å²) in [6.07, 6.45) is 1.52. The quantitative estimate of drug-likeness (QED) is 0.223. The molecule has 4 rings (SSSR count). The van der Waals surface area contributed by atoms with E-state index in [4.69, 9.17) is 9.47 Å². The van der Waals surface area contributed by atoms with E-state index in [9.17, 15) is 15.3 Å². The van der Waals surface area contributed by atoms with Gasteiger partial charge in [0.1, 0.15) is 36.4 Å². The third-order valence-corrected chi connectivity index (χ3v) is 5.45. The van der Waals surface area contributed by atoms with E-state index in [2.05, 4.69) is 11.4 Å². The molecule has 6 nitrogen and oxygen atoms in total. The van der Waals surface area contributed by atoms with Crippen LogP contribution < -0.4 is 14.8 Å². The summed E-state index contributed by atoms with van der Waals surface area (Å²) >= 11 is 0. The molecule has 0 saturated carbocycles. The van der Waals surface area contributed by atoms with Gasteiger partial charge in [-0.3, -0.25) is 4.79 Å². The second-order valence-electron chi connectivity index (χ2n) is 8.05. The Hall–Kier alpha value is -5.33. The number of anilines is 1. The lowest BCUT2D eigenvalue weighted by atomic mass is 10.1. The van der Waals surface area contributed by atoms with Gasteiger partial charge >= 0.3 is 0 Å². The molecule has 0 unspecified atom stereocenters. The van der Waals surface area contributed by atoms with Gasteiger partial charge in [0.2, 0.25) is 0 Å². The van der Waals surface area contributed by atoms with Gasteiger partial charge in [-0.2, -0.15) is 10.5 Å². The molecule has 0 spiro atoms. The number of hydrogen-bond acceptors (Lipinski definition) is 5. The number of nitrogens with zero attached hydrogens (tertiary/aromatic N) is 2. The SMILES string of the molecule is N#C/C(=C\c1ccc(OCc2ccccc2C#N)cc1)C(=O)Nc1ccc(OCc2ccccc2)cc1. The van der Waals surface area contributed by atoms with Gasteiger partial charge in [-0.1, -0.05) is 60.7 Å². The summed E-state index contributed by atoms with van der Waals surface area (Å²) in [5.74, 6) is 0.785. The topological polar surface area (TPSA) is 95.1 Å². The van der Waals surface area contributed by atoms with Gasteiger partial charge < -0.3 is 14.8 Å². The maximum absolute atomic E-state index is 12.6. The summed E-state index contributed by atoms with van der Waals surface area (Å²) in [4.78, 5) is 12.6. The van der Waals surface area contributed by atoms with E-state index in [1.165, 1.54) is 6.08 Å². The van der Waals surface area contributed by atoms with Crippen LogP contribution in [0.4, 0.5) is 5.69 Å². The number of rotatable bonds is 9. The summed E-state index contributed by atoms with van der Waals surface area (Å²) in [5, 5.41) is 21.5. The lowest BCUT2D eigenvalue weighted by Gasteiger charge is -2.09. The van der Waals surface area contributed by atoms with Crippen LogP contribution in [0.2, 0.25) is 0 Å². The zero-order valence-corrected chi connectivity index (χ0v) is 19.9. The molecule has 0 bridgehead atoms. The van der Waals surface area contributed by atoms with E-state index >= 15 is 0 Å². The van der Waals surface area contributed by atoms with Crippen molar-refractivity contribution in [1.82, 2.24) is 0 Å². The highest BCUT2D eigenvalue weighted by Gasteiger charge is 2.10. The fourth-order valence-corrected chi connectivity index (χ4v) is 3.47. The molecule has 37 heavy (non-hydrogen) atoms. The van der Waals surface area contributed by atoms with E-state index in [0.29, 0.717) is 34.9 Å². The van der Waals surface area contributed by atoms with E-state index in [1.807, 2.05) is 54.6 Å². The molecule has 0 aliphatic rings. The molecule has 1 amide bonds. The van der Waals surface area contributed by atoms with Gasteiger partial charge in [0.15, 0.2) is 0 Å². The highest BCUT2D eigenvalue weighted by atomic mass is 16.5. The molecular formula is C31H23N3O3. The van der Waals surface area contributed by atoms with Gasteiger partial charge in [-0.15, -0.1) is 0 Å². The molecule has 0 radical (unpaired) electrons. The predicted molar refractivity (Wildman–Crippen MR) is 141 cm³/mol.